The van der Waals surface area contributed by atoms with Crippen LogP contribution in [-0.2, 0) is 4.79 Å². The lowest BCUT2D eigenvalue weighted by atomic mass is 10.1. The number of benzene rings is 1. The number of thioether (sulfide) groups is 1. The molecule has 1 aromatic carbocycles. The molecule has 216 valence electrons. The molecule has 9 nitrogen and oxygen atoms in total. The van der Waals surface area contributed by atoms with Crippen molar-refractivity contribution in [2.45, 2.75) is 44.4 Å². The van der Waals surface area contributed by atoms with Gasteiger partial charge in [-0.2, -0.15) is 0 Å². The molecule has 0 radical (unpaired) electrons. The molecule has 2 aliphatic heterocycles. The highest BCUT2D eigenvalue weighted by atomic mass is 35.5. The Morgan fingerprint density at radius 2 is 1.80 bits per heavy atom. The van der Waals surface area contributed by atoms with Crippen LogP contribution < -0.4 is 10.2 Å². The second-order valence-corrected chi connectivity index (χ2v) is 12.6. The van der Waals surface area contributed by atoms with Gasteiger partial charge in [0, 0.05) is 70.0 Å². The van der Waals surface area contributed by atoms with Crippen LogP contribution in [0.2, 0.25) is 5.15 Å². The van der Waals surface area contributed by atoms with Gasteiger partial charge in [0.05, 0.1) is 5.75 Å². The summed E-state index contributed by atoms with van der Waals surface area (Å²) in [6, 6.07) is 12.0. The molecule has 40 heavy (non-hydrogen) atoms. The highest BCUT2D eigenvalue weighted by Gasteiger charge is 2.30. The Morgan fingerprint density at radius 1 is 1.07 bits per heavy atom. The number of carbonyl (C=O) groups is 2. The molecule has 2 saturated heterocycles. The normalized spacial score (nSPS) is 18.8. The van der Waals surface area contributed by atoms with Crippen molar-refractivity contribution in [1.82, 2.24) is 30.0 Å². The van der Waals surface area contributed by atoms with Gasteiger partial charge < -0.3 is 20.0 Å². The molecule has 2 aliphatic rings. The zero-order chi connectivity index (χ0) is 28.7. The zero-order valence-electron chi connectivity index (χ0n) is 23.8. The van der Waals surface area contributed by atoms with E-state index >= 15 is 0 Å². The minimum absolute atomic E-state index is 0.00928. The summed E-state index contributed by atoms with van der Waals surface area (Å²) in [6.07, 6.45) is 4.32. The standard InChI is InChI=1S/C29H40ClN7O2S/c1-22-20-36(17-18-37(22)28(39)33-29(2,3)4)25-19-24(30)31-27(32-25)40-21-26(38)35-15-13-34(14-16-35)12-8-11-23-9-6-5-7-10-23/h5-11,19,22H,12-18,20-21H2,1-4H3,(H,33,39)/b11-8+/t22-/m0/s1. The van der Waals surface area contributed by atoms with Crippen LogP contribution in [0, 0.1) is 0 Å². The number of aromatic nitrogens is 2. The zero-order valence-corrected chi connectivity index (χ0v) is 25.4. The van der Waals surface area contributed by atoms with E-state index in [2.05, 4.69) is 44.4 Å². The Balaban J connectivity index is 1.24. The van der Waals surface area contributed by atoms with Gasteiger partial charge in [-0.15, -0.1) is 0 Å². The van der Waals surface area contributed by atoms with Crippen LogP contribution in [0.4, 0.5) is 10.6 Å². The summed E-state index contributed by atoms with van der Waals surface area (Å²) < 4.78 is 0. The maximum absolute atomic E-state index is 12.9. The number of halogens is 1. The van der Waals surface area contributed by atoms with Crippen molar-refractivity contribution in [2.75, 3.05) is 63.0 Å². The van der Waals surface area contributed by atoms with Crippen molar-refractivity contribution in [3.05, 3.63) is 53.2 Å². The average molecular weight is 586 g/mol. The van der Waals surface area contributed by atoms with E-state index in [9.17, 15) is 9.59 Å². The van der Waals surface area contributed by atoms with Gasteiger partial charge in [0.25, 0.3) is 0 Å². The van der Waals surface area contributed by atoms with Gasteiger partial charge in [0.1, 0.15) is 11.0 Å². The van der Waals surface area contributed by atoms with Gasteiger partial charge >= 0.3 is 6.03 Å². The number of carbonyl (C=O) groups excluding carboxylic acids is 2. The fourth-order valence-electron chi connectivity index (χ4n) is 4.77. The Morgan fingerprint density at radius 3 is 2.48 bits per heavy atom. The van der Waals surface area contributed by atoms with E-state index in [0.717, 1.165) is 25.5 Å². The second kappa shape index (κ2) is 13.7. The number of anilines is 1. The fourth-order valence-corrected chi connectivity index (χ4v) is 5.76. The van der Waals surface area contributed by atoms with Gasteiger partial charge in [-0.3, -0.25) is 9.69 Å². The number of hydrogen-bond donors (Lipinski definition) is 1. The summed E-state index contributed by atoms with van der Waals surface area (Å²) in [5.74, 6) is 1.07. The Labute approximate surface area is 246 Å². The lowest BCUT2D eigenvalue weighted by Gasteiger charge is -2.41. The Kier molecular flexibility index (Phi) is 10.3. The average Bonchev–Trinajstić information content (AvgIpc) is 2.91. The van der Waals surface area contributed by atoms with Gasteiger partial charge in [-0.05, 0) is 33.3 Å². The molecule has 2 fully saturated rings. The largest absolute Gasteiger partial charge is 0.353 e. The third-order valence-electron chi connectivity index (χ3n) is 6.88. The molecule has 3 amide bonds. The highest BCUT2D eigenvalue weighted by Crippen LogP contribution is 2.24. The van der Waals surface area contributed by atoms with Gasteiger partial charge in [0.2, 0.25) is 5.91 Å². The number of hydrogen-bond acceptors (Lipinski definition) is 7. The van der Waals surface area contributed by atoms with Crippen molar-refractivity contribution in [3.8, 4) is 0 Å². The smallest absolute Gasteiger partial charge is 0.318 e. The van der Waals surface area contributed by atoms with Crippen LogP contribution in [0.1, 0.15) is 33.3 Å². The van der Waals surface area contributed by atoms with Crippen LogP contribution >= 0.6 is 23.4 Å². The summed E-state index contributed by atoms with van der Waals surface area (Å²) in [7, 11) is 0. The van der Waals surface area contributed by atoms with Crippen molar-refractivity contribution in [2.24, 2.45) is 0 Å². The van der Waals surface area contributed by atoms with Gasteiger partial charge in [-0.25, -0.2) is 14.8 Å². The number of urea groups is 1. The molecule has 0 aliphatic carbocycles. The number of nitrogens with zero attached hydrogens (tertiary/aromatic N) is 6. The van der Waals surface area contributed by atoms with E-state index in [1.165, 1.54) is 17.3 Å². The second-order valence-electron chi connectivity index (χ2n) is 11.3. The number of amides is 3. The lowest BCUT2D eigenvalue weighted by molar-refractivity contribution is -0.130. The van der Waals surface area contributed by atoms with Crippen molar-refractivity contribution in [1.29, 1.82) is 0 Å². The van der Waals surface area contributed by atoms with Gasteiger partial charge in [0.15, 0.2) is 5.16 Å². The van der Waals surface area contributed by atoms with E-state index in [1.807, 2.05) is 55.7 Å². The van der Waals surface area contributed by atoms with Crippen LogP contribution in [0.3, 0.4) is 0 Å². The minimum Gasteiger partial charge on any atom is -0.353 e. The first-order valence-electron chi connectivity index (χ1n) is 13.8. The predicted octanol–water partition coefficient (Wildman–Crippen LogP) is 4.10. The quantitative estimate of drug-likeness (QED) is 0.297. The molecule has 0 saturated carbocycles. The van der Waals surface area contributed by atoms with Crippen molar-refractivity contribution < 1.29 is 9.59 Å². The topological polar surface area (TPSA) is 84.9 Å². The van der Waals surface area contributed by atoms with Gasteiger partial charge in [-0.1, -0.05) is 65.8 Å². The molecule has 0 spiro atoms. The molecule has 1 N–H and O–H groups in total. The van der Waals surface area contributed by atoms with Crippen molar-refractivity contribution in [3.63, 3.8) is 0 Å². The lowest BCUT2D eigenvalue weighted by Crippen LogP contribution is -2.59. The van der Waals surface area contributed by atoms with Crippen molar-refractivity contribution >= 4 is 47.2 Å². The maximum atomic E-state index is 12.9. The maximum Gasteiger partial charge on any atom is 0.318 e. The fraction of sp³-hybridized carbons (Fsp3) is 0.517. The third kappa shape index (κ3) is 8.84. The Hall–Kier alpha value is -2.82. The summed E-state index contributed by atoms with van der Waals surface area (Å²) in [5.41, 5.74) is 0.908. The van der Waals surface area contributed by atoms with E-state index in [-0.39, 0.29) is 29.3 Å². The first-order chi connectivity index (χ1) is 19.1. The third-order valence-corrected chi connectivity index (χ3v) is 7.90. The molecule has 0 bridgehead atoms. The molecule has 2 aromatic rings. The Bertz CT molecular complexity index is 1180. The summed E-state index contributed by atoms with van der Waals surface area (Å²) in [6.45, 7) is 13.8. The van der Waals surface area contributed by atoms with E-state index in [0.29, 0.717) is 43.0 Å². The highest BCUT2D eigenvalue weighted by molar-refractivity contribution is 7.99. The molecular weight excluding hydrogens is 546 g/mol. The molecule has 3 heterocycles. The van der Waals surface area contributed by atoms with Crippen LogP contribution in [0.5, 0.6) is 0 Å². The molecule has 11 heteroatoms. The number of piperazine rings is 2. The van der Waals surface area contributed by atoms with Crippen LogP contribution in [0.25, 0.3) is 6.08 Å². The molecule has 4 rings (SSSR count). The predicted molar refractivity (Wildman–Crippen MR) is 163 cm³/mol. The molecule has 1 aromatic heterocycles. The molecule has 1 atom stereocenters. The van der Waals surface area contributed by atoms with Crippen LogP contribution in [-0.4, -0.2) is 106 Å². The first kappa shape index (κ1) is 30.1. The summed E-state index contributed by atoms with van der Waals surface area (Å²) >= 11 is 7.66. The van der Waals surface area contributed by atoms with Crippen LogP contribution in [0.15, 0.2) is 47.6 Å². The summed E-state index contributed by atoms with van der Waals surface area (Å²) in [4.78, 5) is 42.9. The number of rotatable bonds is 7. The molecule has 0 unspecified atom stereocenters. The minimum atomic E-state index is -0.287. The summed E-state index contributed by atoms with van der Waals surface area (Å²) in [5, 5.41) is 3.87. The van der Waals surface area contributed by atoms with E-state index < -0.39 is 0 Å². The molecular formula is C29H40ClN7O2S. The monoisotopic (exact) mass is 585 g/mol. The SMILES string of the molecule is C[C@H]1CN(c2cc(Cl)nc(SCC(=O)N3CCN(C/C=C/c4ccccc4)CC3)n2)CCN1C(=O)NC(C)(C)C. The van der Waals surface area contributed by atoms with E-state index in [1.54, 1.807) is 6.07 Å². The number of nitrogens with one attached hydrogen (secondary N) is 1. The van der Waals surface area contributed by atoms with E-state index in [4.69, 9.17) is 16.6 Å². The first-order valence-corrected chi connectivity index (χ1v) is 15.2.